The lowest BCUT2D eigenvalue weighted by Crippen LogP contribution is -2.16. The SMILES string of the molecule is Cc1nc(N)nc2c1N(C)CN2. The number of hydrogen-bond acceptors (Lipinski definition) is 5. The highest BCUT2D eigenvalue weighted by Gasteiger charge is 2.19. The molecule has 0 spiro atoms. The van der Waals surface area contributed by atoms with E-state index in [0.29, 0.717) is 5.95 Å². The maximum atomic E-state index is 5.50. The van der Waals surface area contributed by atoms with Crippen LogP contribution in [0.1, 0.15) is 5.69 Å². The number of rotatable bonds is 0. The van der Waals surface area contributed by atoms with Crippen molar-refractivity contribution in [2.75, 3.05) is 29.7 Å². The van der Waals surface area contributed by atoms with Crippen LogP contribution in [0.15, 0.2) is 0 Å². The van der Waals surface area contributed by atoms with E-state index in [1.165, 1.54) is 0 Å². The zero-order valence-electron chi connectivity index (χ0n) is 7.13. The van der Waals surface area contributed by atoms with E-state index >= 15 is 0 Å². The van der Waals surface area contributed by atoms with Gasteiger partial charge in [0.1, 0.15) is 5.69 Å². The number of anilines is 3. The lowest BCUT2D eigenvalue weighted by molar-refractivity contribution is 1.02. The highest BCUT2D eigenvalue weighted by atomic mass is 15.3. The summed E-state index contributed by atoms with van der Waals surface area (Å²) in [4.78, 5) is 10.2. The molecule has 2 rings (SSSR count). The fraction of sp³-hybridized carbons (Fsp3) is 0.429. The summed E-state index contributed by atoms with van der Waals surface area (Å²) >= 11 is 0. The van der Waals surface area contributed by atoms with Crippen molar-refractivity contribution < 1.29 is 0 Å². The van der Waals surface area contributed by atoms with E-state index in [-0.39, 0.29) is 0 Å². The molecule has 1 aromatic rings. The van der Waals surface area contributed by atoms with Crippen molar-refractivity contribution in [3.63, 3.8) is 0 Å². The standard InChI is InChI=1S/C7H11N5/c1-4-5-6(9-3-12(5)2)11-7(8)10-4/h3H2,1-2H3,(H3,8,9,10,11). The van der Waals surface area contributed by atoms with Crippen molar-refractivity contribution in [2.45, 2.75) is 6.92 Å². The quantitative estimate of drug-likeness (QED) is 0.574. The second-order valence-corrected chi connectivity index (χ2v) is 2.90. The summed E-state index contributed by atoms with van der Waals surface area (Å²) in [7, 11) is 1.99. The molecule has 0 atom stereocenters. The molecule has 2 heterocycles. The Morgan fingerprint density at radius 3 is 3.00 bits per heavy atom. The normalized spacial score (nSPS) is 14.3. The molecule has 0 bridgehead atoms. The third-order valence-corrected chi connectivity index (χ3v) is 1.94. The van der Waals surface area contributed by atoms with Gasteiger partial charge in [0, 0.05) is 7.05 Å². The first kappa shape index (κ1) is 7.15. The molecule has 1 aromatic heterocycles. The van der Waals surface area contributed by atoms with E-state index in [9.17, 15) is 0 Å². The predicted octanol–water partition coefficient (Wildman–Crippen LogP) is 0.186. The van der Waals surface area contributed by atoms with E-state index < -0.39 is 0 Å². The van der Waals surface area contributed by atoms with Crippen molar-refractivity contribution in [1.82, 2.24) is 9.97 Å². The van der Waals surface area contributed by atoms with Gasteiger partial charge in [-0.05, 0) is 6.92 Å². The molecule has 0 amide bonds. The Bertz CT molecular complexity index is 322. The fourth-order valence-electron chi connectivity index (χ4n) is 1.44. The van der Waals surface area contributed by atoms with Crippen molar-refractivity contribution in [1.29, 1.82) is 0 Å². The van der Waals surface area contributed by atoms with Gasteiger partial charge in [0.2, 0.25) is 5.95 Å². The smallest absolute Gasteiger partial charge is 0.222 e. The van der Waals surface area contributed by atoms with Gasteiger partial charge in [0.05, 0.1) is 12.4 Å². The minimum Gasteiger partial charge on any atom is -0.368 e. The zero-order valence-corrected chi connectivity index (χ0v) is 7.13. The summed E-state index contributed by atoms with van der Waals surface area (Å²) < 4.78 is 0. The monoisotopic (exact) mass is 165 g/mol. The first-order valence-corrected chi connectivity index (χ1v) is 3.77. The molecule has 0 fully saturated rings. The minimum absolute atomic E-state index is 0.328. The van der Waals surface area contributed by atoms with Gasteiger partial charge in [-0.25, -0.2) is 4.98 Å². The first-order chi connectivity index (χ1) is 5.68. The fourth-order valence-corrected chi connectivity index (χ4v) is 1.44. The van der Waals surface area contributed by atoms with Crippen LogP contribution in [-0.2, 0) is 0 Å². The van der Waals surface area contributed by atoms with Gasteiger partial charge in [-0.15, -0.1) is 0 Å². The van der Waals surface area contributed by atoms with Crippen LogP contribution in [0.5, 0.6) is 0 Å². The Balaban J connectivity index is 2.60. The molecule has 0 aliphatic carbocycles. The van der Waals surface area contributed by atoms with E-state index in [0.717, 1.165) is 23.9 Å². The van der Waals surface area contributed by atoms with E-state index in [2.05, 4.69) is 20.2 Å². The van der Waals surface area contributed by atoms with Crippen molar-refractivity contribution in [2.24, 2.45) is 0 Å². The van der Waals surface area contributed by atoms with Crippen LogP contribution in [0.3, 0.4) is 0 Å². The van der Waals surface area contributed by atoms with Gasteiger partial charge < -0.3 is 16.0 Å². The lowest BCUT2D eigenvalue weighted by Gasteiger charge is -2.11. The van der Waals surface area contributed by atoms with Crippen LogP contribution in [0, 0.1) is 6.92 Å². The zero-order chi connectivity index (χ0) is 8.72. The number of aromatic nitrogens is 2. The molecule has 0 aromatic carbocycles. The van der Waals surface area contributed by atoms with Crippen LogP contribution in [0.2, 0.25) is 0 Å². The summed E-state index contributed by atoms with van der Waals surface area (Å²) in [6.07, 6.45) is 0. The number of nitrogens with zero attached hydrogens (tertiary/aromatic N) is 3. The second-order valence-electron chi connectivity index (χ2n) is 2.90. The third kappa shape index (κ3) is 0.861. The molecular weight excluding hydrogens is 154 g/mol. The maximum Gasteiger partial charge on any atom is 0.222 e. The molecule has 0 radical (unpaired) electrons. The average Bonchev–Trinajstić information content (AvgIpc) is 2.31. The largest absolute Gasteiger partial charge is 0.368 e. The summed E-state index contributed by atoms with van der Waals surface area (Å²) in [6, 6.07) is 0. The lowest BCUT2D eigenvalue weighted by atomic mass is 10.3. The average molecular weight is 165 g/mol. The molecule has 0 unspecified atom stereocenters. The highest BCUT2D eigenvalue weighted by molar-refractivity contribution is 5.73. The molecule has 0 saturated carbocycles. The summed E-state index contributed by atoms with van der Waals surface area (Å²) in [5.41, 5.74) is 7.46. The maximum absolute atomic E-state index is 5.50. The van der Waals surface area contributed by atoms with Gasteiger partial charge in [0.25, 0.3) is 0 Å². The molecule has 0 saturated heterocycles. The van der Waals surface area contributed by atoms with E-state index in [1.807, 2.05) is 14.0 Å². The van der Waals surface area contributed by atoms with Gasteiger partial charge in [-0.2, -0.15) is 4.98 Å². The van der Waals surface area contributed by atoms with Crippen LogP contribution >= 0.6 is 0 Å². The summed E-state index contributed by atoms with van der Waals surface area (Å²) in [5.74, 6) is 1.16. The molecular formula is C7H11N5. The first-order valence-electron chi connectivity index (χ1n) is 3.77. The van der Waals surface area contributed by atoms with Crippen LogP contribution in [0.4, 0.5) is 17.5 Å². The van der Waals surface area contributed by atoms with Crippen LogP contribution < -0.4 is 16.0 Å². The van der Waals surface area contributed by atoms with Gasteiger partial charge in [-0.1, -0.05) is 0 Å². The van der Waals surface area contributed by atoms with E-state index in [4.69, 9.17) is 5.73 Å². The summed E-state index contributed by atoms with van der Waals surface area (Å²) in [6.45, 7) is 2.70. The Kier molecular flexibility index (Phi) is 1.33. The van der Waals surface area contributed by atoms with Crippen LogP contribution in [0.25, 0.3) is 0 Å². The number of fused-ring (bicyclic) bond motifs is 1. The molecule has 64 valence electrons. The molecule has 3 N–H and O–H groups in total. The molecule has 5 nitrogen and oxygen atoms in total. The molecule has 1 aliphatic rings. The molecule has 1 aliphatic heterocycles. The Morgan fingerprint density at radius 2 is 2.25 bits per heavy atom. The number of nitrogen functional groups attached to an aromatic ring is 1. The number of aryl methyl sites for hydroxylation is 1. The Hall–Kier alpha value is -1.52. The van der Waals surface area contributed by atoms with Gasteiger partial charge in [-0.3, -0.25) is 0 Å². The topological polar surface area (TPSA) is 67.1 Å². The number of hydrogen-bond donors (Lipinski definition) is 2. The Morgan fingerprint density at radius 1 is 1.50 bits per heavy atom. The van der Waals surface area contributed by atoms with E-state index in [1.54, 1.807) is 0 Å². The van der Waals surface area contributed by atoms with Crippen molar-refractivity contribution >= 4 is 17.5 Å². The number of nitrogens with one attached hydrogen (secondary N) is 1. The second kappa shape index (κ2) is 2.23. The molecule has 12 heavy (non-hydrogen) atoms. The van der Waals surface area contributed by atoms with Crippen molar-refractivity contribution in [3.8, 4) is 0 Å². The summed E-state index contributed by atoms with van der Waals surface area (Å²) in [5, 5.41) is 3.13. The van der Waals surface area contributed by atoms with Crippen LogP contribution in [-0.4, -0.2) is 23.7 Å². The van der Waals surface area contributed by atoms with Gasteiger partial charge >= 0.3 is 0 Å². The third-order valence-electron chi connectivity index (χ3n) is 1.94. The Labute approximate surface area is 70.6 Å². The van der Waals surface area contributed by atoms with Crippen molar-refractivity contribution in [3.05, 3.63) is 5.69 Å². The highest BCUT2D eigenvalue weighted by Crippen LogP contribution is 2.30. The minimum atomic E-state index is 0.328. The van der Waals surface area contributed by atoms with Gasteiger partial charge in [0.15, 0.2) is 5.82 Å². The molecule has 5 heteroatoms. The predicted molar refractivity (Wildman–Crippen MR) is 48.1 cm³/mol. The number of nitrogens with two attached hydrogens (primary N) is 1.